The SMILES string of the molecule is Fc1cc(CC2(C3CCCC3)CNC2)ccc1Cl. The minimum absolute atomic E-state index is 0.223. The van der Waals surface area contributed by atoms with E-state index >= 15 is 0 Å². The van der Waals surface area contributed by atoms with E-state index in [1.165, 1.54) is 25.7 Å². The fourth-order valence-electron chi connectivity index (χ4n) is 3.60. The zero-order chi connectivity index (χ0) is 12.6. The Labute approximate surface area is 113 Å². The summed E-state index contributed by atoms with van der Waals surface area (Å²) in [6.07, 6.45) is 6.40. The molecule has 1 aliphatic heterocycles. The van der Waals surface area contributed by atoms with Crippen LogP contribution in [0.2, 0.25) is 5.02 Å². The molecular formula is C15H19ClFN. The predicted molar refractivity (Wildman–Crippen MR) is 72.4 cm³/mol. The smallest absolute Gasteiger partial charge is 0.142 e. The van der Waals surface area contributed by atoms with Gasteiger partial charge in [-0.25, -0.2) is 4.39 Å². The normalized spacial score (nSPS) is 23.0. The van der Waals surface area contributed by atoms with Gasteiger partial charge in [-0.2, -0.15) is 0 Å². The molecule has 1 heterocycles. The highest BCUT2D eigenvalue weighted by molar-refractivity contribution is 6.30. The van der Waals surface area contributed by atoms with E-state index in [2.05, 4.69) is 5.32 Å². The number of hydrogen-bond donors (Lipinski definition) is 1. The third-order valence-corrected chi connectivity index (χ3v) is 5.02. The van der Waals surface area contributed by atoms with E-state index in [0.717, 1.165) is 31.0 Å². The minimum atomic E-state index is -0.289. The highest BCUT2D eigenvalue weighted by atomic mass is 35.5. The van der Waals surface area contributed by atoms with Gasteiger partial charge in [-0.1, -0.05) is 30.5 Å². The van der Waals surface area contributed by atoms with Gasteiger partial charge in [0.1, 0.15) is 5.82 Å². The van der Waals surface area contributed by atoms with Gasteiger partial charge >= 0.3 is 0 Å². The van der Waals surface area contributed by atoms with Crippen molar-refractivity contribution in [3.63, 3.8) is 0 Å². The van der Waals surface area contributed by atoms with Gasteiger partial charge in [-0.15, -0.1) is 0 Å². The van der Waals surface area contributed by atoms with Gasteiger partial charge < -0.3 is 5.32 Å². The second kappa shape index (κ2) is 4.82. The zero-order valence-corrected chi connectivity index (χ0v) is 11.3. The summed E-state index contributed by atoms with van der Waals surface area (Å²) in [5.41, 5.74) is 1.46. The Morgan fingerprint density at radius 2 is 2.00 bits per heavy atom. The monoisotopic (exact) mass is 267 g/mol. The molecule has 0 radical (unpaired) electrons. The maximum absolute atomic E-state index is 13.5. The first-order valence-corrected chi connectivity index (χ1v) is 7.22. The lowest BCUT2D eigenvalue weighted by molar-refractivity contribution is 0.0811. The average Bonchev–Trinajstić information content (AvgIpc) is 2.82. The van der Waals surface area contributed by atoms with Crippen LogP contribution in [-0.4, -0.2) is 13.1 Å². The first-order valence-electron chi connectivity index (χ1n) is 6.84. The number of halogens is 2. The standard InChI is InChI=1S/C15H19ClFN/c16-13-6-5-11(7-14(13)17)8-15(9-18-10-15)12-3-1-2-4-12/h5-7,12,18H,1-4,8-10H2. The topological polar surface area (TPSA) is 12.0 Å². The molecule has 0 unspecified atom stereocenters. The van der Waals surface area contributed by atoms with Crippen molar-refractivity contribution in [1.82, 2.24) is 5.32 Å². The van der Waals surface area contributed by atoms with Crippen LogP contribution in [0, 0.1) is 17.2 Å². The van der Waals surface area contributed by atoms with Gasteiger partial charge in [0.05, 0.1) is 5.02 Å². The summed E-state index contributed by atoms with van der Waals surface area (Å²) >= 11 is 5.74. The molecule has 98 valence electrons. The lowest BCUT2D eigenvalue weighted by atomic mass is 9.66. The van der Waals surface area contributed by atoms with Crippen molar-refractivity contribution >= 4 is 11.6 Å². The van der Waals surface area contributed by atoms with Crippen LogP contribution >= 0.6 is 11.6 Å². The molecule has 0 atom stereocenters. The molecule has 1 saturated heterocycles. The van der Waals surface area contributed by atoms with Crippen molar-refractivity contribution in [2.75, 3.05) is 13.1 Å². The summed E-state index contributed by atoms with van der Waals surface area (Å²) in [5.74, 6) is 0.528. The highest BCUT2D eigenvalue weighted by Crippen LogP contribution is 2.44. The molecule has 3 heteroatoms. The second-order valence-corrected chi connectivity index (χ2v) is 6.28. The summed E-state index contributed by atoms with van der Waals surface area (Å²) in [7, 11) is 0. The van der Waals surface area contributed by atoms with Gasteiger partial charge in [0, 0.05) is 18.5 Å². The summed E-state index contributed by atoms with van der Waals surface area (Å²) in [6.45, 7) is 2.17. The van der Waals surface area contributed by atoms with Gasteiger partial charge in [0.25, 0.3) is 0 Å². The molecule has 3 rings (SSSR count). The van der Waals surface area contributed by atoms with Crippen molar-refractivity contribution in [2.24, 2.45) is 11.3 Å². The zero-order valence-electron chi connectivity index (χ0n) is 10.5. The maximum Gasteiger partial charge on any atom is 0.142 e. The molecule has 0 aromatic heterocycles. The molecule has 1 aliphatic carbocycles. The van der Waals surface area contributed by atoms with Crippen LogP contribution in [-0.2, 0) is 6.42 Å². The molecule has 0 amide bonds. The van der Waals surface area contributed by atoms with Gasteiger partial charge in [0.15, 0.2) is 0 Å². The Hall–Kier alpha value is -0.600. The van der Waals surface area contributed by atoms with E-state index in [0.29, 0.717) is 5.41 Å². The number of rotatable bonds is 3. The highest BCUT2D eigenvalue weighted by Gasteiger charge is 2.44. The Morgan fingerprint density at radius 1 is 1.28 bits per heavy atom. The van der Waals surface area contributed by atoms with Crippen LogP contribution < -0.4 is 5.32 Å². The lowest BCUT2D eigenvalue weighted by Crippen LogP contribution is -2.58. The summed E-state index contributed by atoms with van der Waals surface area (Å²) in [4.78, 5) is 0. The molecule has 1 saturated carbocycles. The van der Waals surface area contributed by atoms with Crippen molar-refractivity contribution < 1.29 is 4.39 Å². The Morgan fingerprint density at radius 3 is 2.56 bits per heavy atom. The van der Waals surface area contributed by atoms with Crippen LogP contribution in [0.5, 0.6) is 0 Å². The Balaban J connectivity index is 1.78. The first-order chi connectivity index (χ1) is 8.70. The Kier molecular flexibility index (Phi) is 3.33. The second-order valence-electron chi connectivity index (χ2n) is 5.87. The molecule has 2 aliphatic rings. The van der Waals surface area contributed by atoms with Gasteiger partial charge in [0.2, 0.25) is 0 Å². The average molecular weight is 268 g/mol. The number of hydrogen-bond acceptors (Lipinski definition) is 1. The van der Waals surface area contributed by atoms with E-state index in [4.69, 9.17) is 11.6 Å². The summed E-state index contributed by atoms with van der Waals surface area (Å²) in [6, 6.07) is 5.26. The lowest BCUT2D eigenvalue weighted by Gasteiger charge is -2.48. The third kappa shape index (κ3) is 2.17. The Bertz CT molecular complexity index is 436. The van der Waals surface area contributed by atoms with Crippen LogP contribution in [0.1, 0.15) is 31.2 Å². The van der Waals surface area contributed by atoms with Crippen molar-refractivity contribution in [2.45, 2.75) is 32.1 Å². The summed E-state index contributed by atoms with van der Waals surface area (Å²) in [5, 5.41) is 3.63. The van der Waals surface area contributed by atoms with E-state index in [1.807, 2.05) is 6.07 Å². The van der Waals surface area contributed by atoms with Crippen molar-refractivity contribution in [3.8, 4) is 0 Å². The minimum Gasteiger partial charge on any atom is -0.315 e. The van der Waals surface area contributed by atoms with E-state index in [-0.39, 0.29) is 10.8 Å². The van der Waals surface area contributed by atoms with E-state index in [9.17, 15) is 4.39 Å². The molecule has 0 bridgehead atoms. The van der Waals surface area contributed by atoms with Crippen LogP contribution in [0.15, 0.2) is 18.2 Å². The molecule has 1 aromatic rings. The van der Waals surface area contributed by atoms with E-state index in [1.54, 1.807) is 12.1 Å². The molecule has 18 heavy (non-hydrogen) atoms. The molecule has 1 N–H and O–H groups in total. The fraction of sp³-hybridized carbons (Fsp3) is 0.600. The molecular weight excluding hydrogens is 249 g/mol. The van der Waals surface area contributed by atoms with Crippen molar-refractivity contribution in [3.05, 3.63) is 34.6 Å². The largest absolute Gasteiger partial charge is 0.315 e. The molecule has 0 spiro atoms. The van der Waals surface area contributed by atoms with Gasteiger partial charge in [-0.05, 0) is 42.9 Å². The van der Waals surface area contributed by atoms with Crippen LogP contribution in [0.3, 0.4) is 0 Å². The van der Waals surface area contributed by atoms with Crippen LogP contribution in [0.25, 0.3) is 0 Å². The van der Waals surface area contributed by atoms with Crippen molar-refractivity contribution in [1.29, 1.82) is 0 Å². The fourth-order valence-corrected chi connectivity index (χ4v) is 3.72. The maximum atomic E-state index is 13.5. The predicted octanol–water partition coefficient (Wildman–Crippen LogP) is 3.80. The molecule has 1 nitrogen and oxygen atoms in total. The third-order valence-electron chi connectivity index (χ3n) is 4.72. The van der Waals surface area contributed by atoms with Gasteiger partial charge in [-0.3, -0.25) is 0 Å². The number of benzene rings is 1. The summed E-state index contributed by atoms with van der Waals surface area (Å²) < 4.78 is 13.5. The molecule has 2 fully saturated rings. The number of nitrogens with one attached hydrogen (secondary N) is 1. The van der Waals surface area contributed by atoms with E-state index < -0.39 is 0 Å². The molecule has 1 aromatic carbocycles. The first kappa shape index (κ1) is 12.4. The quantitative estimate of drug-likeness (QED) is 0.878. The van der Waals surface area contributed by atoms with Crippen LogP contribution in [0.4, 0.5) is 4.39 Å².